The molecule has 0 aromatic heterocycles. The SMILES string of the molecule is CCOc1cccc([C@@H]2COC(=O)N2)c1. The molecule has 1 atom stereocenters. The van der Waals surface area contributed by atoms with Gasteiger partial charge in [-0.15, -0.1) is 0 Å². The van der Waals surface area contributed by atoms with Gasteiger partial charge in [0.1, 0.15) is 12.4 Å². The van der Waals surface area contributed by atoms with E-state index in [0.717, 1.165) is 11.3 Å². The summed E-state index contributed by atoms with van der Waals surface area (Å²) in [5.41, 5.74) is 1.01. The Morgan fingerprint density at radius 3 is 3.13 bits per heavy atom. The Bertz CT molecular complexity index is 365. The second-order valence-corrected chi connectivity index (χ2v) is 3.30. The number of ether oxygens (including phenoxy) is 2. The molecule has 1 saturated heterocycles. The van der Waals surface area contributed by atoms with Crippen molar-refractivity contribution in [3.05, 3.63) is 29.8 Å². The molecule has 1 aromatic carbocycles. The number of hydrogen-bond donors (Lipinski definition) is 1. The first kappa shape index (κ1) is 9.83. The molecule has 0 radical (unpaired) electrons. The molecule has 2 rings (SSSR count). The van der Waals surface area contributed by atoms with Crippen LogP contribution in [0.5, 0.6) is 5.75 Å². The summed E-state index contributed by atoms with van der Waals surface area (Å²) in [6.45, 7) is 2.96. The first-order valence-electron chi connectivity index (χ1n) is 4.95. The molecule has 1 amide bonds. The van der Waals surface area contributed by atoms with E-state index >= 15 is 0 Å². The molecule has 1 aliphatic heterocycles. The highest BCUT2D eigenvalue weighted by Crippen LogP contribution is 2.22. The van der Waals surface area contributed by atoms with Gasteiger partial charge in [-0.1, -0.05) is 12.1 Å². The fraction of sp³-hybridized carbons (Fsp3) is 0.364. The van der Waals surface area contributed by atoms with Gasteiger partial charge in [0.25, 0.3) is 0 Å². The summed E-state index contributed by atoms with van der Waals surface area (Å²) >= 11 is 0. The first-order chi connectivity index (χ1) is 7.29. The molecule has 15 heavy (non-hydrogen) atoms. The van der Waals surface area contributed by atoms with E-state index in [1.807, 2.05) is 31.2 Å². The van der Waals surface area contributed by atoms with Gasteiger partial charge in [-0.05, 0) is 24.6 Å². The predicted octanol–water partition coefficient (Wildman–Crippen LogP) is 1.87. The Balaban J connectivity index is 2.14. The van der Waals surface area contributed by atoms with Crippen LogP contribution in [0.1, 0.15) is 18.5 Å². The number of carbonyl (C=O) groups excluding carboxylic acids is 1. The summed E-state index contributed by atoms with van der Waals surface area (Å²) in [5, 5.41) is 2.72. The molecule has 1 aromatic rings. The molecular formula is C11H13NO3. The van der Waals surface area contributed by atoms with Crippen LogP contribution in [0, 0.1) is 0 Å². The molecule has 4 heteroatoms. The van der Waals surface area contributed by atoms with Crippen LogP contribution in [0.25, 0.3) is 0 Å². The van der Waals surface area contributed by atoms with Crippen molar-refractivity contribution < 1.29 is 14.3 Å². The lowest BCUT2D eigenvalue weighted by Gasteiger charge is -2.09. The van der Waals surface area contributed by atoms with Crippen molar-refractivity contribution in [3.8, 4) is 5.75 Å². The second kappa shape index (κ2) is 4.21. The van der Waals surface area contributed by atoms with Crippen LogP contribution in [-0.2, 0) is 4.74 Å². The minimum atomic E-state index is -0.359. The zero-order valence-electron chi connectivity index (χ0n) is 8.53. The lowest BCUT2D eigenvalue weighted by atomic mass is 10.1. The van der Waals surface area contributed by atoms with Crippen LogP contribution in [0.4, 0.5) is 4.79 Å². The van der Waals surface area contributed by atoms with E-state index in [0.29, 0.717) is 13.2 Å². The fourth-order valence-corrected chi connectivity index (χ4v) is 1.55. The molecule has 1 N–H and O–H groups in total. The maximum Gasteiger partial charge on any atom is 0.407 e. The highest BCUT2D eigenvalue weighted by molar-refractivity contribution is 5.70. The standard InChI is InChI=1S/C11H13NO3/c1-2-14-9-5-3-4-8(6-9)10-7-15-11(13)12-10/h3-6,10H,2,7H2,1H3,(H,12,13)/t10-/m0/s1. The largest absolute Gasteiger partial charge is 0.494 e. The maximum atomic E-state index is 10.9. The third-order valence-corrected chi connectivity index (χ3v) is 2.24. The summed E-state index contributed by atoms with van der Waals surface area (Å²) in [6.07, 6.45) is -0.359. The van der Waals surface area contributed by atoms with Crippen molar-refractivity contribution in [3.63, 3.8) is 0 Å². The highest BCUT2D eigenvalue weighted by atomic mass is 16.6. The zero-order valence-corrected chi connectivity index (χ0v) is 8.53. The Kier molecular flexibility index (Phi) is 2.76. The van der Waals surface area contributed by atoms with Crippen LogP contribution >= 0.6 is 0 Å². The summed E-state index contributed by atoms with van der Waals surface area (Å²) in [5.74, 6) is 0.816. The first-order valence-corrected chi connectivity index (χ1v) is 4.95. The van der Waals surface area contributed by atoms with Gasteiger partial charge < -0.3 is 14.8 Å². The molecule has 0 unspecified atom stereocenters. The van der Waals surface area contributed by atoms with Gasteiger partial charge >= 0.3 is 6.09 Å². The summed E-state index contributed by atoms with van der Waals surface area (Å²) in [7, 11) is 0. The van der Waals surface area contributed by atoms with Crippen LogP contribution in [0.3, 0.4) is 0 Å². The van der Waals surface area contributed by atoms with Crippen molar-refractivity contribution >= 4 is 6.09 Å². The van der Waals surface area contributed by atoms with Gasteiger partial charge in [0, 0.05) is 0 Å². The Labute approximate surface area is 88.2 Å². The molecule has 1 heterocycles. The van der Waals surface area contributed by atoms with Crippen LogP contribution in [0.15, 0.2) is 24.3 Å². The predicted molar refractivity (Wildman–Crippen MR) is 54.8 cm³/mol. The smallest absolute Gasteiger partial charge is 0.407 e. The molecule has 0 spiro atoms. The number of amides is 1. The average molecular weight is 207 g/mol. The molecule has 0 aliphatic carbocycles. The fourth-order valence-electron chi connectivity index (χ4n) is 1.55. The molecule has 80 valence electrons. The van der Waals surface area contributed by atoms with Crippen LogP contribution in [0.2, 0.25) is 0 Å². The number of alkyl carbamates (subject to hydrolysis) is 1. The van der Waals surface area contributed by atoms with Gasteiger partial charge in [-0.2, -0.15) is 0 Å². The number of rotatable bonds is 3. The molecule has 0 saturated carbocycles. The van der Waals surface area contributed by atoms with Crippen molar-refractivity contribution in [2.45, 2.75) is 13.0 Å². The van der Waals surface area contributed by atoms with Crippen molar-refractivity contribution in [2.24, 2.45) is 0 Å². The van der Waals surface area contributed by atoms with Crippen molar-refractivity contribution in [1.29, 1.82) is 0 Å². The Morgan fingerprint density at radius 2 is 2.47 bits per heavy atom. The highest BCUT2D eigenvalue weighted by Gasteiger charge is 2.23. The summed E-state index contributed by atoms with van der Waals surface area (Å²) < 4.78 is 10.2. The van der Waals surface area contributed by atoms with E-state index in [2.05, 4.69) is 5.32 Å². The molecule has 4 nitrogen and oxygen atoms in total. The van der Waals surface area contributed by atoms with Gasteiger partial charge in [0.15, 0.2) is 0 Å². The Morgan fingerprint density at radius 1 is 1.60 bits per heavy atom. The van der Waals surface area contributed by atoms with Crippen molar-refractivity contribution in [2.75, 3.05) is 13.2 Å². The average Bonchev–Trinajstić information content (AvgIpc) is 2.66. The van der Waals surface area contributed by atoms with Gasteiger partial charge in [0.2, 0.25) is 0 Å². The maximum absolute atomic E-state index is 10.9. The second-order valence-electron chi connectivity index (χ2n) is 3.30. The zero-order chi connectivity index (χ0) is 10.7. The number of nitrogens with one attached hydrogen (secondary N) is 1. The van der Waals surface area contributed by atoms with E-state index in [9.17, 15) is 4.79 Å². The van der Waals surface area contributed by atoms with E-state index in [1.54, 1.807) is 0 Å². The van der Waals surface area contributed by atoms with E-state index in [1.165, 1.54) is 0 Å². The van der Waals surface area contributed by atoms with Gasteiger partial charge in [0.05, 0.1) is 12.6 Å². The van der Waals surface area contributed by atoms with E-state index in [-0.39, 0.29) is 12.1 Å². The summed E-state index contributed by atoms with van der Waals surface area (Å²) in [4.78, 5) is 10.9. The van der Waals surface area contributed by atoms with Crippen LogP contribution < -0.4 is 10.1 Å². The topological polar surface area (TPSA) is 47.6 Å². The molecule has 1 fully saturated rings. The molecule has 1 aliphatic rings. The van der Waals surface area contributed by atoms with E-state index < -0.39 is 0 Å². The normalized spacial score (nSPS) is 19.5. The van der Waals surface area contributed by atoms with Gasteiger partial charge in [-0.25, -0.2) is 4.79 Å². The van der Waals surface area contributed by atoms with Gasteiger partial charge in [-0.3, -0.25) is 0 Å². The minimum absolute atomic E-state index is 0.0575. The van der Waals surface area contributed by atoms with Crippen LogP contribution in [-0.4, -0.2) is 19.3 Å². The third kappa shape index (κ3) is 2.21. The Hall–Kier alpha value is -1.71. The summed E-state index contributed by atoms with van der Waals surface area (Å²) in [6, 6.07) is 7.61. The molecular weight excluding hydrogens is 194 g/mol. The number of hydrogen-bond acceptors (Lipinski definition) is 3. The number of carbonyl (C=O) groups is 1. The minimum Gasteiger partial charge on any atom is -0.494 e. The monoisotopic (exact) mass is 207 g/mol. The molecule has 0 bridgehead atoms. The van der Waals surface area contributed by atoms with E-state index in [4.69, 9.17) is 9.47 Å². The quantitative estimate of drug-likeness (QED) is 0.823. The number of cyclic esters (lactones) is 1. The lowest BCUT2D eigenvalue weighted by Crippen LogP contribution is -2.18. The third-order valence-electron chi connectivity index (χ3n) is 2.24. The lowest BCUT2D eigenvalue weighted by molar-refractivity contribution is 0.177. The van der Waals surface area contributed by atoms with Crippen molar-refractivity contribution in [1.82, 2.24) is 5.32 Å². The number of benzene rings is 1.